The lowest BCUT2D eigenvalue weighted by Gasteiger charge is -2.49. The van der Waals surface area contributed by atoms with Gasteiger partial charge in [-0.2, -0.15) is 0 Å². The van der Waals surface area contributed by atoms with Gasteiger partial charge in [-0.05, 0) is 25.7 Å². The molecule has 0 aromatic carbocycles. The third kappa shape index (κ3) is 1.53. The molecule has 2 rings (SSSR count). The van der Waals surface area contributed by atoms with Gasteiger partial charge in [0.2, 0.25) is 5.91 Å². The smallest absolute Gasteiger partial charge is 0.236 e. The van der Waals surface area contributed by atoms with Crippen LogP contribution in [0.5, 0.6) is 0 Å². The standard InChI is InChI=1S/C10H18N2O2/c1-7(9(13)11-2)12-5-10(14,6-12)8-3-4-8/h7-8,14H,3-6H2,1-2H3,(H,11,13). The molecule has 1 aliphatic carbocycles. The number of β-amino-alcohol motifs (C(OH)–C–C–N with tert-alkyl or cyclic N) is 1. The van der Waals surface area contributed by atoms with Gasteiger partial charge >= 0.3 is 0 Å². The van der Waals surface area contributed by atoms with E-state index in [1.54, 1.807) is 7.05 Å². The Hall–Kier alpha value is -0.610. The molecule has 1 saturated carbocycles. The van der Waals surface area contributed by atoms with Gasteiger partial charge in [-0.25, -0.2) is 0 Å². The Labute approximate surface area is 84.3 Å². The third-order valence-corrected chi connectivity index (χ3v) is 3.46. The number of aliphatic hydroxyl groups is 1. The van der Waals surface area contributed by atoms with E-state index in [4.69, 9.17) is 0 Å². The summed E-state index contributed by atoms with van der Waals surface area (Å²) in [6.45, 7) is 3.20. The van der Waals surface area contributed by atoms with Crippen molar-refractivity contribution in [2.75, 3.05) is 20.1 Å². The van der Waals surface area contributed by atoms with Crippen molar-refractivity contribution in [3.63, 3.8) is 0 Å². The number of likely N-dealkylation sites (tertiary alicyclic amines) is 1. The fraction of sp³-hybridized carbons (Fsp3) is 0.900. The van der Waals surface area contributed by atoms with Crippen LogP contribution in [0.25, 0.3) is 0 Å². The monoisotopic (exact) mass is 198 g/mol. The predicted molar refractivity (Wildman–Crippen MR) is 52.8 cm³/mol. The van der Waals surface area contributed by atoms with Crippen molar-refractivity contribution in [1.82, 2.24) is 10.2 Å². The largest absolute Gasteiger partial charge is 0.387 e. The van der Waals surface area contributed by atoms with E-state index in [1.807, 2.05) is 11.8 Å². The first kappa shape index (κ1) is 9.93. The number of carbonyl (C=O) groups is 1. The summed E-state index contributed by atoms with van der Waals surface area (Å²) in [6.07, 6.45) is 2.30. The van der Waals surface area contributed by atoms with E-state index >= 15 is 0 Å². The Kier molecular flexibility index (Phi) is 2.27. The first-order valence-corrected chi connectivity index (χ1v) is 5.25. The summed E-state index contributed by atoms with van der Waals surface area (Å²) >= 11 is 0. The number of nitrogens with zero attached hydrogens (tertiary/aromatic N) is 1. The van der Waals surface area contributed by atoms with Crippen LogP contribution in [0.1, 0.15) is 19.8 Å². The van der Waals surface area contributed by atoms with Crippen LogP contribution in [-0.2, 0) is 4.79 Å². The number of nitrogens with one attached hydrogen (secondary N) is 1. The maximum atomic E-state index is 11.3. The van der Waals surface area contributed by atoms with Crippen LogP contribution in [-0.4, -0.2) is 47.7 Å². The molecule has 2 aliphatic rings. The molecule has 1 atom stereocenters. The van der Waals surface area contributed by atoms with E-state index in [0.29, 0.717) is 19.0 Å². The molecule has 2 N–H and O–H groups in total. The number of carbonyl (C=O) groups excluding carboxylic acids is 1. The SMILES string of the molecule is CNC(=O)C(C)N1CC(O)(C2CC2)C1. The van der Waals surface area contributed by atoms with Crippen LogP contribution in [0.15, 0.2) is 0 Å². The molecule has 0 aromatic rings. The first-order valence-electron chi connectivity index (χ1n) is 5.25. The fourth-order valence-electron chi connectivity index (χ4n) is 2.18. The van der Waals surface area contributed by atoms with Crippen molar-refractivity contribution in [2.45, 2.75) is 31.4 Å². The predicted octanol–water partition coefficient (Wildman–Crippen LogP) is -0.422. The molecule has 1 unspecified atom stereocenters. The molecule has 0 spiro atoms. The molecule has 1 saturated heterocycles. The lowest BCUT2D eigenvalue weighted by atomic mass is 9.87. The summed E-state index contributed by atoms with van der Waals surface area (Å²) in [6, 6.07) is -0.112. The van der Waals surface area contributed by atoms with Crippen molar-refractivity contribution in [3.8, 4) is 0 Å². The lowest BCUT2D eigenvalue weighted by molar-refractivity contribution is -0.146. The van der Waals surface area contributed by atoms with E-state index in [1.165, 1.54) is 0 Å². The molecule has 14 heavy (non-hydrogen) atoms. The summed E-state index contributed by atoms with van der Waals surface area (Å²) in [5.74, 6) is 0.526. The second kappa shape index (κ2) is 3.21. The average molecular weight is 198 g/mol. The van der Waals surface area contributed by atoms with Crippen molar-refractivity contribution in [2.24, 2.45) is 5.92 Å². The molecule has 4 nitrogen and oxygen atoms in total. The van der Waals surface area contributed by atoms with Gasteiger partial charge in [0, 0.05) is 20.1 Å². The highest BCUT2D eigenvalue weighted by atomic mass is 16.3. The Morgan fingerprint density at radius 2 is 2.14 bits per heavy atom. The summed E-state index contributed by atoms with van der Waals surface area (Å²) < 4.78 is 0. The molecule has 80 valence electrons. The van der Waals surface area contributed by atoms with Crippen LogP contribution in [0.2, 0.25) is 0 Å². The Morgan fingerprint density at radius 3 is 2.57 bits per heavy atom. The number of hydrogen-bond donors (Lipinski definition) is 2. The Morgan fingerprint density at radius 1 is 1.57 bits per heavy atom. The highest BCUT2D eigenvalue weighted by Gasteiger charge is 2.53. The van der Waals surface area contributed by atoms with Gasteiger partial charge in [0.25, 0.3) is 0 Å². The molecule has 1 amide bonds. The van der Waals surface area contributed by atoms with Crippen LogP contribution in [0, 0.1) is 5.92 Å². The molecule has 1 heterocycles. The third-order valence-electron chi connectivity index (χ3n) is 3.46. The highest BCUT2D eigenvalue weighted by molar-refractivity contribution is 5.81. The zero-order valence-electron chi connectivity index (χ0n) is 8.79. The quantitative estimate of drug-likeness (QED) is 0.647. The molecule has 4 heteroatoms. The summed E-state index contributed by atoms with van der Waals surface area (Å²) in [7, 11) is 1.64. The van der Waals surface area contributed by atoms with Crippen LogP contribution in [0.3, 0.4) is 0 Å². The minimum Gasteiger partial charge on any atom is -0.387 e. The maximum absolute atomic E-state index is 11.3. The number of rotatable bonds is 3. The molecule has 0 aromatic heterocycles. The van der Waals surface area contributed by atoms with Crippen LogP contribution >= 0.6 is 0 Å². The van der Waals surface area contributed by atoms with E-state index < -0.39 is 5.60 Å². The normalized spacial score (nSPS) is 27.9. The molecule has 1 aliphatic heterocycles. The number of likely N-dealkylation sites (N-methyl/N-ethyl adjacent to an activating group) is 1. The van der Waals surface area contributed by atoms with Gasteiger partial charge in [0.1, 0.15) is 0 Å². The second-order valence-corrected chi connectivity index (χ2v) is 4.57. The molecular formula is C10H18N2O2. The van der Waals surface area contributed by atoms with E-state index in [0.717, 1.165) is 12.8 Å². The van der Waals surface area contributed by atoms with Crippen LogP contribution < -0.4 is 5.32 Å². The van der Waals surface area contributed by atoms with Crippen molar-refractivity contribution >= 4 is 5.91 Å². The minimum absolute atomic E-state index is 0.0304. The fourth-order valence-corrected chi connectivity index (χ4v) is 2.18. The molecule has 0 bridgehead atoms. The average Bonchev–Trinajstić information content (AvgIpc) is 2.93. The number of amides is 1. The topological polar surface area (TPSA) is 52.6 Å². The molecular weight excluding hydrogens is 180 g/mol. The summed E-state index contributed by atoms with van der Waals surface area (Å²) in [5.41, 5.74) is -0.484. The highest BCUT2D eigenvalue weighted by Crippen LogP contribution is 2.44. The maximum Gasteiger partial charge on any atom is 0.236 e. The zero-order valence-corrected chi connectivity index (χ0v) is 8.79. The van der Waals surface area contributed by atoms with Gasteiger partial charge in [-0.3, -0.25) is 9.69 Å². The Bertz CT molecular complexity index is 245. The molecule has 2 fully saturated rings. The summed E-state index contributed by atoms with van der Waals surface area (Å²) in [4.78, 5) is 13.3. The zero-order chi connectivity index (χ0) is 10.3. The van der Waals surface area contributed by atoms with Gasteiger partial charge < -0.3 is 10.4 Å². The summed E-state index contributed by atoms with van der Waals surface area (Å²) in [5, 5.41) is 12.7. The minimum atomic E-state index is -0.484. The molecule has 0 radical (unpaired) electrons. The van der Waals surface area contributed by atoms with Gasteiger partial charge in [-0.15, -0.1) is 0 Å². The van der Waals surface area contributed by atoms with Gasteiger partial charge in [-0.1, -0.05) is 0 Å². The van der Waals surface area contributed by atoms with Crippen molar-refractivity contribution in [1.29, 1.82) is 0 Å². The van der Waals surface area contributed by atoms with E-state index in [9.17, 15) is 9.90 Å². The van der Waals surface area contributed by atoms with Gasteiger partial charge in [0.15, 0.2) is 0 Å². The van der Waals surface area contributed by atoms with E-state index in [-0.39, 0.29) is 11.9 Å². The second-order valence-electron chi connectivity index (χ2n) is 4.57. The van der Waals surface area contributed by atoms with Crippen molar-refractivity contribution < 1.29 is 9.90 Å². The lowest BCUT2D eigenvalue weighted by Crippen LogP contribution is -2.67. The number of hydrogen-bond acceptors (Lipinski definition) is 3. The first-order chi connectivity index (χ1) is 6.57. The van der Waals surface area contributed by atoms with Crippen molar-refractivity contribution in [3.05, 3.63) is 0 Å². The van der Waals surface area contributed by atoms with Gasteiger partial charge in [0.05, 0.1) is 11.6 Å². The van der Waals surface area contributed by atoms with E-state index in [2.05, 4.69) is 5.32 Å². The van der Waals surface area contributed by atoms with Crippen LogP contribution in [0.4, 0.5) is 0 Å². The Balaban J connectivity index is 1.84.